The van der Waals surface area contributed by atoms with Crippen LogP contribution in [0.5, 0.6) is 0 Å². The summed E-state index contributed by atoms with van der Waals surface area (Å²) in [5.41, 5.74) is 14.5. The Morgan fingerprint density at radius 2 is 0.551 bits per heavy atom. The molecule has 0 amide bonds. The number of aryl methyl sites for hydroxylation is 4. The van der Waals surface area contributed by atoms with Crippen LogP contribution in [0.4, 0.5) is 0 Å². The molecule has 4 unspecified atom stereocenters. The molecule has 4 aromatic rings. The van der Waals surface area contributed by atoms with Crippen LogP contribution in [-0.2, 0) is 57.9 Å². The first kappa shape index (κ1) is 45.8. The summed E-state index contributed by atoms with van der Waals surface area (Å²) in [6, 6.07) is 32.6. The molecule has 69 heavy (non-hydrogen) atoms. The van der Waals surface area contributed by atoms with Gasteiger partial charge in [0, 0.05) is 0 Å². The monoisotopic (exact) mass is 1000 g/mol. The fourth-order valence-corrected chi connectivity index (χ4v) is 133. The standard InChI is InChI=1S/C61H87P2.C5H5.Fe/c1-9-17-30-48-34-25-42-56(52(48)38-21-13-5)62(57-43-26-35-49(31-18-10-2)53(57)39-22-14-6)60-46-29-47-61(60)63(58-44-27-36-50(32-19-11-3)54(58)40-23-15-7)59-45-28-37-51(33-20-12-4)55(59)41-24-16-8;1-2-4-5-3-1;/h25-29,34-37,42-47H,9-24,30-33,38-41H2,1-8H3;1-5H;. The molecule has 4 aromatic carbocycles. The maximum atomic E-state index is 2.87. The number of rotatable bonds is 30. The van der Waals surface area contributed by atoms with E-state index in [0.717, 1.165) is 0 Å². The molecular formula is C66H92FeP2. The summed E-state index contributed by atoms with van der Waals surface area (Å²) >= 11 is 0. The molecule has 1 spiro atoms. The van der Waals surface area contributed by atoms with E-state index in [1.807, 2.05) is 43.5 Å². The van der Waals surface area contributed by atoms with Gasteiger partial charge in [0.1, 0.15) is 0 Å². The fourth-order valence-electron chi connectivity index (χ4n) is 26.8. The fraction of sp³-hybridized carbons (Fsp3) is 0.636. The van der Waals surface area contributed by atoms with Gasteiger partial charge in [-0.15, -0.1) is 0 Å². The van der Waals surface area contributed by atoms with Gasteiger partial charge in [0.25, 0.3) is 0 Å². The Labute approximate surface area is 414 Å². The predicted octanol–water partition coefficient (Wildman–Crippen LogP) is 18.2. The van der Waals surface area contributed by atoms with E-state index < -0.39 is 22.4 Å². The Kier molecular flexibility index (Phi) is 7.58. The number of hydrogen-bond acceptors (Lipinski definition) is 0. The van der Waals surface area contributed by atoms with Gasteiger partial charge in [-0.3, -0.25) is 0 Å². The minimum absolute atomic E-state index is 0.526. The Bertz CT molecular complexity index is 2720. The summed E-state index contributed by atoms with van der Waals surface area (Å²) in [5.74, 6) is 0. The zero-order valence-corrected chi connectivity index (χ0v) is 47.7. The third-order valence-corrected chi connectivity index (χ3v) is 84.8. The molecule has 0 saturated carbocycles. The van der Waals surface area contributed by atoms with Crippen molar-refractivity contribution in [1.82, 2.24) is 0 Å². The second-order valence-electron chi connectivity index (χ2n) is 26.8. The van der Waals surface area contributed by atoms with Gasteiger partial charge in [0.05, 0.1) is 0 Å². The molecule has 0 aliphatic carbocycles. The molecule has 14 rings (SSSR count). The van der Waals surface area contributed by atoms with Crippen molar-refractivity contribution in [3.8, 4) is 0 Å². The van der Waals surface area contributed by atoms with Gasteiger partial charge in [-0.25, -0.2) is 0 Å². The Morgan fingerprint density at radius 3 is 0.754 bits per heavy atom. The van der Waals surface area contributed by atoms with Crippen molar-refractivity contribution in [3.63, 3.8) is 0 Å². The van der Waals surface area contributed by atoms with Crippen molar-refractivity contribution in [2.45, 2.75) is 256 Å². The van der Waals surface area contributed by atoms with Crippen LogP contribution in [-0.4, -0.2) is 8.11 Å². The van der Waals surface area contributed by atoms with Gasteiger partial charge in [0.2, 0.25) is 0 Å². The van der Waals surface area contributed by atoms with Crippen molar-refractivity contribution in [3.05, 3.63) is 117 Å². The van der Waals surface area contributed by atoms with Crippen molar-refractivity contribution < 1.29 is 6.51 Å². The van der Waals surface area contributed by atoms with E-state index in [0.29, 0.717) is 8.11 Å². The molecule has 0 aromatic heterocycles. The minimum atomic E-state index is -4.42. The Hall–Kier alpha value is -1.74. The SMILES string of the molecule is CCCCc1cccc(P(c2cccc(CCCC)c2CCCC)[C]23[CH]4[CH]5[CH]6[C]2(P(c2cccc(CCCC)c2CCCC)c2cccc(CCCC)c2CCCC)[Fe]54632789[CH]3[CH]2[CH]7[CH]8[CH]39)c1CCCC. The summed E-state index contributed by atoms with van der Waals surface area (Å²) in [6.45, 7) is 15.2. The van der Waals surface area contributed by atoms with Crippen LogP contribution in [0.25, 0.3) is 0 Å². The molecule has 4 atom stereocenters. The summed E-state index contributed by atoms with van der Waals surface area (Å²) < 4.78 is 1.29. The van der Waals surface area contributed by atoms with Crippen LogP contribution < -0.4 is 21.2 Å². The number of fused-ring (bicyclic) bond motifs is 10. The number of unbranched alkanes of at least 4 members (excludes halogenated alkanes) is 8. The van der Waals surface area contributed by atoms with Crippen LogP contribution in [0, 0.1) is 0 Å². The zero-order valence-electron chi connectivity index (χ0n) is 44.8. The summed E-state index contributed by atoms with van der Waals surface area (Å²) in [6.07, 6.45) is 31.3. The zero-order chi connectivity index (χ0) is 47.5. The van der Waals surface area contributed by atoms with Gasteiger partial charge < -0.3 is 0 Å². The van der Waals surface area contributed by atoms with Gasteiger partial charge in [-0.05, 0) is 0 Å². The second-order valence-corrected chi connectivity index (χ2v) is 55.5. The molecule has 10 fully saturated rings. The van der Waals surface area contributed by atoms with Gasteiger partial charge in [-0.2, -0.15) is 0 Å². The number of hydrogen-bond donors (Lipinski definition) is 0. The average Bonchev–Trinajstić information content (AvgIpc) is 4.33. The van der Waals surface area contributed by atoms with E-state index >= 15 is 0 Å². The topological polar surface area (TPSA) is 0 Å². The van der Waals surface area contributed by atoms with Crippen molar-refractivity contribution in [1.29, 1.82) is 0 Å². The first-order chi connectivity index (χ1) is 33.7. The normalized spacial score (nSPS) is 39.5. The third kappa shape index (κ3) is 2.35. The predicted molar refractivity (Wildman–Crippen MR) is 303 cm³/mol. The van der Waals surface area contributed by atoms with Gasteiger partial charge in [0.15, 0.2) is 0 Å². The van der Waals surface area contributed by atoms with Crippen molar-refractivity contribution in [2.24, 2.45) is 0 Å². The molecule has 0 N–H and O–H groups in total. The van der Waals surface area contributed by atoms with E-state index in [9.17, 15) is 0 Å². The van der Waals surface area contributed by atoms with Crippen LogP contribution >= 0.6 is 15.8 Å². The molecular weight excluding hydrogens is 911 g/mol. The van der Waals surface area contributed by atoms with Crippen LogP contribution in [0.3, 0.4) is 0 Å². The number of benzene rings is 4. The molecule has 0 radical (unpaired) electrons. The molecule has 10 saturated heterocycles. The first-order valence-corrected chi connectivity index (χ1v) is 38.8. The van der Waals surface area contributed by atoms with E-state index in [-0.39, 0.29) is 0 Å². The van der Waals surface area contributed by atoms with E-state index in [2.05, 4.69) is 128 Å². The first-order valence-electron chi connectivity index (χ1n) is 30.0. The average molecular weight is 1000 g/mol. The van der Waals surface area contributed by atoms with Crippen molar-refractivity contribution >= 4 is 37.1 Å². The summed E-state index contributed by atoms with van der Waals surface area (Å²) in [4.78, 5) is 9.89. The quantitative estimate of drug-likeness (QED) is 0.0361. The maximum absolute atomic E-state index is 4.42. The Morgan fingerprint density at radius 1 is 0.319 bits per heavy atom. The summed E-state index contributed by atoms with van der Waals surface area (Å²) in [7, 11) is -1.05. The van der Waals surface area contributed by atoms with E-state index in [1.165, 1.54) is 193 Å². The van der Waals surface area contributed by atoms with E-state index in [4.69, 9.17) is 0 Å². The van der Waals surface area contributed by atoms with Gasteiger partial charge >= 0.3 is 417 Å². The summed E-state index contributed by atoms with van der Waals surface area (Å²) in [5, 5.41) is 7.85. The molecule has 10 heterocycles. The second kappa shape index (κ2) is 11.4. The van der Waals surface area contributed by atoms with Crippen LogP contribution in [0.15, 0.2) is 72.8 Å². The van der Waals surface area contributed by atoms with Crippen molar-refractivity contribution in [2.75, 3.05) is 0 Å². The molecule has 10 aliphatic rings. The molecule has 3 heteroatoms. The molecule has 0 nitrogen and oxygen atoms in total. The van der Waals surface area contributed by atoms with Crippen LogP contribution in [0.1, 0.15) is 203 Å². The van der Waals surface area contributed by atoms with Crippen LogP contribution in [0.2, 0.25) is 38.5 Å². The third-order valence-electron chi connectivity index (χ3n) is 27.6. The Balaban J connectivity index is 1.09. The molecule has 0 bridgehead atoms. The molecule has 10 aliphatic heterocycles. The van der Waals surface area contributed by atoms with Gasteiger partial charge in [-0.1, -0.05) is 0 Å². The van der Waals surface area contributed by atoms with E-state index in [1.54, 1.807) is 22.3 Å². The molecule has 374 valence electrons.